The number of esters is 1. The molecule has 0 aliphatic rings. The fraction of sp³-hybridized carbons (Fsp3) is 0.200. The van der Waals surface area contributed by atoms with E-state index in [4.69, 9.17) is 11.6 Å². The molecule has 0 saturated heterocycles. The van der Waals surface area contributed by atoms with Crippen molar-refractivity contribution in [1.82, 2.24) is 0 Å². The molecule has 1 aromatic rings. The van der Waals surface area contributed by atoms with Crippen LogP contribution in [0.5, 0.6) is 0 Å². The zero-order chi connectivity index (χ0) is 11.4. The molecule has 5 heteroatoms. The van der Waals surface area contributed by atoms with Crippen molar-refractivity contribution in [3.05, 3.63) is 34.6 Å². The highest BCUT2D eigenvalue weighted by Crippen LogP contribution is 2.15. The van der Waals surface area contributed by atoms with Crippen LogP contribution in [0.4, 0.5) is 4.39 Å². The summed E-state index contributed by atoms with van der Waals surface area (Å²) in [6.45, 7) is 0. The second-order valence-corrected chi connectivity index (χ2v) is 3.26. The first-order chi connectivity index (χ1) is 7.04. The molecular weight excluding hydrogens is 223 g/mol. The van der Waals surface area contributed by atoms with E-state index in [0.29, 0.717) is 0 Å². The Balaban J connectivity index is 2.81. The molecule has 0 amide bonds. The van der Waals surface area contributed by atoms with Crippen LogP contribution in [0.25, 0.3) is 0 Å². The molecule has 0 fully saturated rings. The number of ether oxygens (including phenoxy) is 1. The SMILES string of the molecule is COC(=O)C(=O)Cc1ccc(Cl)cc1F. The summed E-state index contributed by atoms with van der Waals surface area (Å²) in [5, 5.41) is 0.238. The molecule has 3 nitrogen and oxygen atoms in total. The molecule has 80 valence electrons. The van der Waals surface area contributed by atoms with E-state index in [9.17, 15) is 14.0 Å². The lowest BCUT2D eigenvalue weighted by Gasteiger charge is -2.01. The zero-order valence-corrected chi connectivity index (χ0v) is 8.68. The Morgan fingerprint density at radius 1 is 1.47 bits per heavy atom. The fourth-order valence-corrected chi connectivity index (χ4v) is 1.18. The van der Waals surface area contributed by atoms with Crippen LogP contribution >= 0.6 is 11.6 Å². The fourth-order valence-electron chi connectivity index (χ4n) is 1.02. The summed E-state index contributed by atoms with van der Waals surface area (Å²) in [5.41, 5.74) is 0.120. The number of Topliss-reactive ketones (excluding diaryl/α,β-unsaturated/α-hetero) is 1. The largest absolute Gasteiger partial charge is 0.463 e. The van der Waals surface area contributed by atoms with Gasteiger partial charge in [-0.05, 0) is 17.7 Å². The van der Waals surface area contributed by atoms with E-state index < -0.39 is 17.6 Å². The van der Waals surface area contributed by atoms with E-state index in [0.717, 1.165) is 13.2 Å². The van der Waals surface area contributed by atoms with Crippen LogP contribution in [0.3, 0.4) is 0 Å². The van der Waals surface area contributed by atoms with E-state index >= 15 is 0 Å². The highest BCUT2D eigenvalue weighted by molar-refractivity contribution is 6.34. The maximum atomic E-state index is 13.2. The van der Waals surface area contributed by atoms with Crippen LogP contribution in [0, 0.1) is 5.82 Å². The van der Waals surface area contributed by atoms with Crippen LogP contribution in [-0.4, -0.2) is 18.9 Å². The van der Waals surface area contributed by atoms with E-state index in [2.05, 4.69) is 4.74 Å². The molecule has 0 radical (unpaired) electrons. The van der Waals surface area contributed by atoms with Crippen LogP contribution in [0.1, 0.15) is 5.56 Å². The third kappa shape index (κ3) is 3.02. The van der Waals surface area contributed by atoms with Gasteiger partial charge < -0.3 is 4.74 Å². The highest BCUT2D eigenvalue weighted by atomic mass is 35.5. The van der Waals surface area contributed by atoms with Crippen molar-refractivity contribution < 1.29 is 18.7 Å². The van der Waals surface area contributed by atoms with Crippen molar-refractivity contribution >= 4 is 23.4 Å². The molecule has 0 unspecified atom stereocenters. The van der Waals surface area contributed by atoms with E-state index in [1.165, 1.54) is 12.1 Å². The van der Waals surface area contributed by atoms with Crippen molar-refractivity contribution in [2.75, 3.05) is 7.11 Å². The molecule has 0 aliphatic heterocycles. The van der Waals surface area contributed by atoms with Crippen molar-refractivity contribution in [1.29, 1.82) is 0 Å². The lowest BCUT2D eigenvalue weighted by atomic mass is 10.1. The average molecular weight is 231 g/mol. The summed E-state index contributed by atoms with van der Waals surface area (Å²) in [4.78, 5) is 21.9. The number of ketones is 1. The number of hydrogen-bond acceptors (Lipinski definition) is 3. The van der Waals surface area contributed by atoms with E-state index in [1.807, 2.05) is 0 Å². The number of methoxy groups -OCH3 is 1. The van der Waals surface area contributed by atoms with Gasteiger partial charge in [-0.3, -0.25) is 4.79 Å². The third-order valence-electron chi connectivity index (χ3n) is 1.78. The van der Waals surface area contributed by atoms with Crippen molar-refractivity contribution in [3.8, 4) is 0 Å². The van der Waals surface area contributed by atoms with Gasteiger partial charge in [0.1, 0.15) is 5.82 Å². The number of carbonyl (C=O) groups excluding carboxylic acids is 2. The minimum atomic E-state index is -0.982. The van der Waals surface area contributed by atoms with Gasteiger partial charge in [0.15, 0.2) is 0 Å². The average Bonchev–Trinajstić information content (AvgIpc) is 2.20. The molecule has 0 spiro atoms. The topological polar surface area (TPSA) is 43.4 Å². The molecule has 1 aromatic carbocycles. The summed E-state index contributed by atoms with van der Waals surface area (Å²) in [5.74, 6) is -2.39. The van der Waals surface area contributed by atoms with Crippen LogP contribution < -0.4 is 0 Å². The molecule has 0 saturated carbocycles. The first kappa shape index (κ1) is 11.7. The monoisotopic (exact) mass is 230 g/mol. The lowest BCUT2D eigenvalue weighted by molar-refractivity contribution is -0.151. The number of rotatable bonds is 3. The molecule has 0 aliphatic carbocycles. The first-order valence-electron chi connectivity index (χ1n) is 4.09. The predicted octanol–water partition coefficient (Wildman–Crippen LogP) is 1.76. The van der Waals surface area contributed by atoms with Gasteiger partial charge in [-0.25, -0.2) is 9.18 Å². The first-order valence-corrected chi connectivity index (χ1v) is 4.47. The number of carbonyl (C=O) groups is 2. The Kier molecular flexibility index (Phi) is 3.80. The Hall–Kier alpha value is -1.42. The molecule has 0 N–H and O–H groups in total. The smallest absolute Gasteiger partial charge is 0.374 e. The molecule has 0 heterocycles. The van der Waals surface area contributed by atoms with Gasteiger partial charge in [-0.1, -0.05) is 17.7 Å². The Morgan fingerprint density at radius 2 is 2.13 bits per heavy atom. The lowest BCUT2D eigenvalue weighted by Crippen LogP contribution is -2.18. The van der Waals surface area contributed by atoms with Gasteiger partial charge in [0.25, 0.3) is 0 Å². The molecule has 0 atom stereocenters. The zero-order valence-electron chi connectivity index (χ0n) is 7.92. The van der Waals surface area contributed by atoms with Crippen LogP contribution in [0.15, 0.2) is 18.2 Å². The number of halogens is 2. The maximum Gasteiger partial charge on any atom is 0.374 e. The molecule has 0 aromatic heterocycles. The van der Waals surface area contributed by atoms with Gasteiger partial charge in [0, 0.05) is 11.4 Å². The summed E-state index contributed by atoms with van der Waals surface area (Å²) >= 11 is 5.53. The van der Waals surface area contributed by atoms with E-state index in [-0.39, 0.29) is 17.0 Å². The van der Waals surface area contributed by atoms with Gasteiger partial charge >= 0.3 is 5.97 Å². The van der Waals surface area contributed by atoms with Gasteiger partial charge in [-0.2, -0.15) is 0 Å². The summed E-state index contributed by atoms with van der Waals surface area (Å²) in [6, 6.07) is 3.89. The second-order valence-electron chi connectivity index (χ2n) is 2.83. The van der Waals surface area contributed by atoms with Gasteiger partial charge in [-0.15, -0.1) is 0 Å². The quantitative estimate of drug-likeness (QED) is 0.587. The van der Waals surface area contributed by atoms with Gasteiger partial charge in [0.2, 0.25) is 5.78 Å². The van der Waals surface area contributed by atoms with Gasteiger partial charge in [0.05, 0.1) is 7.11 Å². The molecule has 1 rings (SSSR count). The summed E-state index contributed by atoms with van der Waals surface area (Å²) in [6.07, 6.45) is -0.324. The Bertz CT molecular complexity index is 404. The van der Waals surface area contributed by atoms with E-state index in [1.54, 1.807) is 0 Å². The standard InChI is InChI=1S/C10H8ClFO3/c1-15-10(14)9(13)4-6-2-3-7(11)5-8(6)12/h2-3,5H,4H2,1H3. The van der Waals surface area contributed by atoms with Crippen molar-refractivity contribution in [2.24, 2.45) is 0 Å². The van der Waals surface area contributed by atoms with Crippen LogP contribution in [0.2, 0.25) is 5.02 Å². The number of hydrogen-bond donors (Lipinski definition) is 0. The number of benzene rings is 1. The predicted molar refractivity (Wildman–Crippen MR) is 52.1 cm³/mol. The normalized spacial score (nSPS) is 9.80. The maximum absolute atomic E-state index is 13.2. The molecule has 15 heavy (non-hydrogen) atoms. The minimum absolute atomic E-state index is 0.120. The summed E-state index contributed by atoms with van der Waals surface area (Å²) < 4.78 is 17.4. The summed E-state index contributed by atoms with van der Waals surface area (Å²) in [7, 11) is 1.10. The Labute approximate surface area is 90.8 Å². The van der Waals surface area contributed by atoms with Crippen LogP contribution in [-0.2, 0) is 20.7 Å². The second kappa shape index (κ2) is 4.89. The molecular formula is C10H8ClFO3. The third-order valence-corrected chi connectivity index (χ3v) is 2.01. The molecule has 0 bridgehead atoms. The van der Waals surface area contributed by atoms with Crippen molar-refractivity contribution in [2.45, 2.75) is 6.42 Å². The van der Waals surface area contributed by atoms with Crippen molar-refractivity contribution in [3.63, 3.8) is 0 Å². The Morgan fingerprint density at radius 3 is 2.67 bits per heavy atom. The highest BCUT2D eigenvalue weighted by Gasteiger charge is 2.16. The minimum Gasteiger partial charge on any atom is -0.463 e.